The third-order valence-corrected chi connectivity index (χ3v) is 5.00. The van der Waals surface area contributed by atoms with Crippen molar-refractivity contribution in [2.24, 2.45) is 5.92 Å². The molecular weight excluding hydrogens is 266 g/mol. The SMILES string of the molecule is CCOC1(c2noc([C@H]3CCCNC3)n2)CCC(C)CC1. The Morgan fingerprint density at radius 2 is 2.14 bits per heavy atom. The zero-order chi connectivity index (χ0) is 14.7. The number of nitrogens with one attached hydrogen (secondary N) is 1. The van der Waals surface area contributed by atoms with Crippen molar-refractivity contribution in [3.05, 3.63) is 11.7 Å². The second-order valence-corrected chi connectivity index (χ2v) is 6.61. The molecule has 0 radical (unpaired) electrons. The van der Waals surface area contributed by atoms with Crippen LogP contribution in [-0.4, -0.2) is 29.8 Å². The van der Waals surface area contributed by atoms with Crippen LogP contribution in [0.25, 0.3) is 0 Å². The number of rotatable bonds is 4. The van der Waals surface area contributed by atoms with E-state index < -0.39 is 0 Å². The Kier molecular flexibility index (Phi) is 4.60. The van der Waals surface area contributed by atoms with Gasteiger partial charge in [-0.05, 0) is 57.9 Å². The lowest BCUT2D eigenvalue weighted by Crippen LogP contribution is -2.35. The summed E-state index contributed by atoms with van der Waals surface area (Å²) in [5, 5.41) is 7.70. The van der Waals surface area contributed by atoms with Crippen LogP contribution in [0.4, 0.5) is 0 Å². The monoisotopic (exact) mass is 293 g/mol. The Hall–Kier alpha value is -0.940. The lowest BCUT2D eigenvalue weighted by molar-refractivity contribution is -0.0847. The van der Waals surface area contributed by atoms with Crippen molar-refractivity contribution in [1.82, 2.24) is 15.5 Å². The summed E-state index contributed by atoms with van der Waals surface area (Å²) in [7, 11) is 0. The minimum Gasteiger partial charge on any atom is -0.367 e. The van der Waals surface area contributed by atoms with Gasteiger partial charge in [-0.25, -0.2) is 0 Å². The van der Waals surface area contributed by atoms with Crippen LogP contribution in [0.15, 0.2) is 4.52 Å². The van der Waals surface area contributed by atoms with Crippen LogP contribution in [0.2, 0.25) is 0 Å². The van der Waals surface area contributed by atoms with Crippen molar-refractivity contribution in [2.45, 2.75) is 63.9 Å². The van der Waals surface area contributed by atoms with Gasteiger partial charge in [0, 0.05) is 13.2 Å². The van der Waals surface area contributed by atoms with E-state index in [-0.39, 0.29) is 5.60 Å². The highest BCUT2D eigenvalue weighted by Crippen LogP contribution is 2.41. The Balaban J connectivity index is 1.78. The van der Waals surface area contributed by atoms with Crippen molar-refractivity contribution in [3.63, 3.8) is 0 Å². The molecule has 0 unspecified atom stereocenters. The van der Waals surface area contributed by atoms with Crippen LogP contribution in [0.3, 0.4) is 0 Å². The molecular formula is C16H27N3O2. The van der Waals surface area contributed by atoms with Gasteiger partial charge in [-0.3, -0.25) is 0 Å². The smallest absolute Gasteiger partial charge is 0.231 e. The van der Waals surface area contributed by atoms with Gasteiger partial charge in [-0.2, -0.15) is 4.98 Å². The molecule has 1 aromatic rings. The molecule has 1 aromatic heterocycles. The van der Waals surface area contributed by atoms with E-state index in [1.165, 1.54) is 19.3 Å². The fraction of sp³-hybridized carbons (Fsp3) is 0.875. The van der Waals surface area contributed by atoms with Crippen molar-refractivity contribution in [2.75, 3.05) is 19.7 Å². The summed E-state index contributed by atoms with van der Waals surface area (Å²) >= 11 is 0. The topological polar surface area (TPSA) is 60.2 Å². The highest BCUT2D eigenvalue weighted by Gasteiger charge is 2.41. The summed E-state index contributed by atoms with van der Waals surface area (Å²) in [5.41, 5.74) is -0.314. The summed E-state index contributed by atoms with van der Waals surface area (Å²) in [5.74, 6) is 2.69. The number of hydrogen-bond acceptors (Lipinski definition) is 5. The minimum absolute atomic E-state index is 0.314. The minimum atomic E-state index is -0.314. The molecule has 0 aromatic carbocycles. The molecule has 0 spiro atoms. The molecule has 2 fully saturated rings. The van der Waals surface area contributed by atoms with Gasteiger partial charge in [-0.15, -0.1) is 0 Å². The van der Waals surface area contributed by atoms with Crippen LogP contribution in [-0.2, 0) is 10.3 Å². The summed E-state index contributed by atoms with van der Waals surface area (Å²) in [4.78, 5) is 4.73. The molecule has 1 aliphatic carbocycles. The Labute approximate surface area is 126 Å². The van der Waals surface area contributed by atoms with Crippen LogP contribution in [0.1, 0.15) is 70.0 Å². The molecule has 118 valence electrons. The van der Waals surface area contributed by atoms with Gasteiger partial charge in [0.25, 0.3) is 0 Å². The first kappa shape index (κ1) is 15.0. The maximum Gasteiger partial charge on any atom is 0.231 e. The van der Waals surface area contributed by atoms with Gasteiger partial charge in [0.2, 0.25) is 11.7 Å². The molecule has 1 saturated carbocycles. The first-order chi connectivity index (χ1) is 10.2. The largest absolute Gasteiger partial charge is 0.367 e. The molecule has 5 heteroatoms. The quantitative estimate of drug-likeness (QED) is 0.924. The molecule has 1 saturated heterocycles. The average Bonchev–Trinajstić information content (AvgIpc) is 3.01. The molecule has 0 amide bonds. The van der Waals surface area contributed by atoms with Crippen LogP contribution in [0.5, 0.6) is 0 Å². The third-order valence-electron chi connectivity index (χ3n) is 5.00. The van der Waals surface area contributed by atoms with E-state index in [1.54, 1.807) is 0 Å². The number of ether oxygens (including phenoxy) is 1. The van der Waals surface area contributed by atoms with Crippen molar-refractivity contribution in [1.29, 1.82) is 0 Å². The van der Waals surface area contributed by atoms with E-state index in [4.69, 9.17) is 14.2 Å². The lowest BCUT2D eigenvalue weighted by atomic mass is 9.79. The van der Waals surface area contributed by atoms with Gasteiger partial charge in [-0.1, -0.05) is 12.1 Å². The first-order valence-corrected chi connectivity index (χ1v) is 8.42. The molecule has 5 nitrogen and oxygen atoms in total. The van der Waals surface area contributed by atoms with Gasteiger partial charge in [0.05, 0.1) is 5.92 Å². The molecule has 1 aliphatic heterocycles. The molecule has 1 atom stereocenters. The molecule has 21 heavy (non-hydrogen) atoms. The fourth-order valence-corrected chi connectivity index (χ4v) is 3.59. The summed E-state index contributed by atoms with van der Waals surface area (Å²) < 4.78 is 11.7. The number of hydrogen-bond donors (Lipinski definition) is 1. The Bertz CT molecular complexity index is 446. The number of piperidine rings is 1. The van der Waals surface area contributed by atoms with E-state index in [2.05, 4.69) is 17.4 Å². The predicted molar refractivity (Wildman–Crippen MR) is 80.1 cm³/mol. The molecule has 2 aliphatic rings. The molecule has 3 rings (SSSR count). The van der Waals surface area contributed by atoms with E-state index in [9.17, 15) is 0 Å². The number of nitrogens with zero attached hydrogens (tertiary/aromatic N) is 2. The second kappa shape index (κ2) is 6.44. The van der Waals surface area contributed by atoms with Crippen LogP contribution >= 0.6 is 0 Å². The van der Waals surface area contributed by atoms with E-state index in [1.807, 2.05) is 6.92 Å². The van der Waals surface area contributed by atoms with Gasteiger partial charge in [0.15, 0.2) is 0 Å². The van der Waals surface area contributed by atoms with E-state index >= 15 is 0 Å². The van der Waals surface area contributed by atoms with Gasteiger partial charge in [0.1, 0.15) is 5.60 Å². The summed E-state index contributed by atoms with van der Waals surface area (Å²) in [6.45, 7) is 7.10. The van der Waals surface area contributed by atoms with Crippen LogP contribution in [0, 0.1) is 5.92 Å². The summed E-state index contributed by atoms with van der Waals surface area (Å²) in [6.07, 6.45) is 6.67. The normalized spacial score (nSPS) is 34.0. The zero-order valence-electron chi connectivity index (χ0n) is 13.2. The van der Waals surface area contributed by atoms with E-state index in [0.717, 1.165) is 50.0 Å². The van der Waals surface area contributed by atoms with Crippen molar-refractivity contribution < 1.29 is 9.26 Å². The third kappa shape index (κ3) is 3.14. The summed E-state index contributed by atoms with van der Waals surface area (Å²) in [6, 6.07) is 0. The molecule has 0 bridgehead atoms. The van der Waals surface area contributed by atoms with E-state index in [0.29, 0.717) is 12.5 Å². The standard InChI is InChI=1S/C16H27N3O2/c1-3-20-16(8-6-12(2)7-9-16)15-18-14(21-19-15)13-5-4-10-17-11-13/h12-13,17H,3-11H2,1-2H3/t12?,13-,16?/m0/s1. The molecule has 1 N–H and O–H groups in total. The Morgan fingerprint density at radius 3 is 2.81 bits per heavy atom. The van der Waals surface area contributed by atoms with Crippen molar-refractivity contribution >= 4 is 0 Å². The highest BCUT2D eigenvalue weighted by molar-refractivity contribution is 5.06. The van der Waals surface area contributed by atoms with Crippen LogP contribution < -0.4 is 5.32 Å². The fourth-order valence-electron chi connectivity index (χ4n) is 3.59. The maximum absolute atomic E-state index is 6.10. The number of aromatic nitrogens is 2. The second-order valence-electron chi connectivity index (χ2n) is 6.61. The van der Waals surface area contributed by atoms with Crippen molar-refractivity contribution in [3.8, 4) is 0 Å². The first-order valence-electron chi connectivity index (χ1n) is 8.42. The highest BCUT2D eigenvalue weighted by atomic mass is 16.5. The Morgan fingerprint density at radius 1 is 1.33 bits per heavy atom. The maximum atomic E-state index is 6.10. The predicted octanol–water partition coefficient (Wildman–Crippen LogP) is 2.98. The van der Waals surface area contributed by atoms with Gasteiger partial charge >= 0.3 is 0 Å². The van der Waals surface area contributed by atoms with Gasteiger partial charge < -0.3 is 14.6 Å². The zero-order valence-corrected chi connectivity index (χ0v) is 13.2. The lowest BCUT2D eigenvalue weighted by Gasteiger charge is -2.36. The molecule has 2 heterocycles. The average molecular weight is 293 g/mol.